The van der Waals surface area contributed by atoms with Crippen molar-refractivity contribution in [3.8, 4) is 0 Å². The number of rotatable bonds is 8. The topological polar surface area (TPSA) is 110 Å². The molecule has 0 spiro atoms. The second kappa shape index (κ2) is 12.2. The molecule has 7 nitrogen and oxygen atoms in total. The quantitative estimate of drug-likeness (QED) is 0.520. The number of benzene rings is 2. The number of carbonyl (C=O) groups excluding carboxylic acids is 3. The van der Waals surface area contributed by atoms with Crippen LogP contribution in [-0.2, 0) is 30.3 Å². The third kappa shape index (κ3) is 8.79. The van der Waals surface area contributed by atoms with Crippen LogP contribution in [-0.4, -0.2) is 41.4 Å². The van der Waals surface area contributed by atoms with Crippen LogP contribution in [0.5, 0.6) is 0 Å². The fraction of sp³-hybridized carbons (Fsp3) is 0.217. The van der Waals surface area contributed by atoms with Gasteiger partial charge in [-0.25, -0.2) is 0 Å². The van der Waals surface area contributed by atoms with E-state index in [4.69, 9.17) is 5.11 Å². The summed E-state index contributed by atoms with van der Waals surface area (Å²) in [6, 6.07) is 19.0. The van der Waals surface area contributed by atoms with Gasteiger partial charge in [0, 0.05) is 11.8 Å². The molecule has 0 aliphatic rings. The number of Topliss-reactive ketones (excluding diaryl/α,β-unsaturated/α-hetero) is 1. The number of ether oxygens (including phenoxy) is 1. The molecule has 0 saturated carbocycles. The number of nitrogens with one attached hydrogen (secondary N) is 1. The van der Waals surface area contributed by atoms with Crippen molar-refractivity contribution < 1.29 is 29.0 Å². The van der Waals surface area contributed by atoms with E-state index in [1.165, 1.54) is 22.1 Å². The number of hydrogen-bond donors (Lipinski definition) is 2. The molecule has 1 atom stereocenters. The summed E-state index contributed by atoms with van der Waals surface area (Å²) in [6.45, 7) is 0.571. The standard InChI is InChI=1S/C13H15NO6S.C10H8/c1-8(15)20-7-11(16)10(6-13(18)19)14-12(17)5-9-3-2-4-21-9;1-2-6-10-8-4-3-7-9(10)5-1/h2-4,10H,5-7H2,1H3,(H,14,17)(H,18,19);1-8H. The Morgan fingerprint density at radius 2 is 1.55 bits per heavy atom. The molecule has 3 rings (SSSR count). The molecule has 1 heterocycles. The molecule has 1 amide bonds. The first-order valence-corrected chi connectivity index (χ1v) is 10.4. The number of carbonyl (C=O) groups is 4. The van der Waals surface area contributed by atoms with Crippen molar-refractivity contribution in [2.75, 3.05) is 6.61 Å². The molecule has 3 aromatic rings. The zero-order valence-electron chi connectivity index (χ0n) is 16.9. The Bertz CT molecular complexity index is 966. The number of thiophene rings is 1. The van der Waals surface area contributed by atoms with Crippen LogP contribution in [0, 0.1) is 0 Å². The van der Waals surface area contributed by atoms with E-state index in [9.17, 15) is 19.2 Å². The SMILES string of the molecule is CC(=O)OCC(=O)C(CC(=O)O)NC(=O)Cc1cccs1.c1ccc2ccccc2c1. The van der Waals surface area contributed by atoms with Gasteiger partial charge in [-0.1, -0.05) is 54.6 Å². The largest absolute Gasteiger partial charge is 0.481 e. The molecular formula is C23H23NO6S. The maximum absolute atomic E-state index is 11.8. The van der Waals surface area contributed by atoms with Gasteiger partial charge in [-0.15, -0.1) is 11.3 Å². The zero-order valence-corrected chi connectivity index (χ0v) is 17.8. The van der Waals surface area contributed by atoms with E-state index in [0.717, 1.165) is 11.8 Å². The van der Waals surface area contributed by atoms with Gasteiger partial charge in [-0.3, -0.25) is 19.2 Å². The van der Waals surface area contributed by atoms with Gasteiger partial charge in [0.2, 0.25) is 5.91 Å². The highest BCUT2D eigenvalue weighted by Crippen LogP contribution is 2.11. The Morgan fingerprint density at radius 3 is 2.00 bits per heavy atom. The van der Waals surface area contributed by atoms with Gasteiger partial charge in [-0.2, -0.15) is 0 Å². The van der Waals surface area contributed by atoms with Crippen molar-refractivity contribution in [2.45, 2.75) is 25.8 Å². The van der Waals surface area contributed by atoms with Crippen molar-refractivity contribution in [3.63, 3.8) is 0 Å². The van der Waals surface area contributed by atoms with Crippen molar-refractivity contribution in [1.29, 1.82) is 0 Å². The minimum Gasteiger partial charge on any atom is -0.481 e. The molecule has 0 saturated heterocycles. The molecule has 0 aliphatic heterocycles. The van der Waals surface area contributed by atoms with Crippen molar-refractivity contribution in [1.82, 2.24) is 5.32 Å². The smallest absolute Gasteiger partial charge is 0.305 e. The van der Waals surface area contributed by atoms with Crippen molar-refractivity contribution >= 4 is 45.7 Å². The summed E-state index contributed by atoms with van der Waals surface area (Å²) >= 11 is 1.38. The number of ketones is 1. The normalized spacial score (nSPS) is 11.0. The summed E-state index contributed by atoms with van der Waals surface area (Å²) in [5, 5.41) is 15.6. The molecule has 0 fully saturated rings. The predicted molar refractivity (Wildman–Crippen MR) is 118 cm³/mol. The van der Waals surface area contributed by atoms with Gasteiger partial charge in [0.15, 0.2) is 12.4 Å². The lowest BCUT2D eigenvalue weighted by Crippen LogP contribution is -2.44. The van der Waals surface area contributed by atoms with E-state index in [2.05, 4.69) is 58.6 Å². The second-order valence-electron chi connectivity index (χ2n) is 6.57. The second-order valence-corrected chi connectivity index (χ2v) is 7.60. The van der Waals surface area contributed by atoms with Gasteiger partial charge in [0.05, 0.1) is 12.8 Å². The number of esters is 1. The Labute approximate surface area is 183 Å². The first-order chi connectivity index (χ1) is 14.8. The lowest BCUT2D eigenvalue weighted by Gasteiger charge is -2.15. The molecule has 1 unspecified atom stereocenters. The predicted octanol–water partition coefficient (Wildman–Crippen LogP) is 3.22. The molecule has 1 aromatic heterocycles. The zero-order chi connectivity index (χ0) is 22.6. The van der Waals surface area contributed by atoms with Gasteiger partial charge in [-0.05, 0) is 22.2 Å². The highest BCUT2D eigenvalue weighted by atomic mass is 32.1. The maximum Gasteiger partial charge on any atom is 0.305 e. The van der Waals surface area contributed by atoms with E-state index in [-0.39, 0.29) is 6.42 Å². The summed E-state index contributed by atoms with van der Waals surface area (Å²) < 4.78 is 4.52. The van der Waals surface area contributed by atoms with Crippen LogP contribution in [0.3, 0.4) is 0 Å². The lowest BCUT2D eigenvalue weighted by atomic mass is 10.1. The van der Waals surface area contributed by atoms with Crippen LogP contribution in [0.4, 0.5) is 0 Å². The molecule has 0 radical (unpaired) electrons. The fourth-order valence-electron chi connectivity index (χ4n) is 2.64. The van der Waals surface area contributed by atoms with Crippen LogP contribution in [0.25, 0.3) is 10.8 Å². The third-order valence-electron chi connectivity index (χ3n) is 4.09. The number of carboxylic acids is 1. The summed E-state index contributed by atoms with van der Waals surface area (Å²) in [7, 11) is 0. The Balaban J connectivity index is 0.000000280. The average Bonchev–Trinajstić information content (AvgIpc) is 3.24. The highest BCUT2D eigenvalue weighted by Gasteiger charge is 2.24. The van der Waals surface area contributed by atoms with Crippen LogP contribution in [0.1, 0.15) is 18.2 Å². The van der Waals surface area contributed by atoms with Crippen LogP contribution < -0.4 is 5.32 Å². The highest BCUT2D eigenvalue weighted by molar-refractivity contribution is 7.10. The third-order valence-corrected chi connectivity index (χ3v) is 4.97. The number of aliphatic carboxylic acids is 1. The molecule has 2 aromatic carbocycles. The minimum absolute atomic E-state index is 0.0641. The van der Waals surface area contributed by atoms with Gasteiger partial charge in [0.25, 0.3) is 0 Å². The van der Waals surface area contributed by atoms with E-state index in [1.54, 1.807) is 12.1 Å². The van der Waals surface area contributed by atoms with Gasteiger partial charge in [0.1, 0.15) is 6.04 Å². The molecule has 162 valence electrons. The van der Waals surface area contributed by atoms with E-state index < -0.39 is 42.7 Å². The summed E-state index contributed by atoms with van der Waals surface area (Å²) in [6.07, 6.45) is -0.495. The summed E-state index contributed by atoms with van der Waals surface area (Å²) in [5.74, 6) is -3.00. The van der Waals surface area contributed by atoms with Crippen LogP contribution in [0.15, 0.2) is 66.0 Å². The molecule has 0 bridgehead atoms. The molecule has 31 heavy (non-hydrogen) atoms. The number of amides is 1. The lowest BCUT2D eigenvalue weighted by molar-refractivity contribution is -0.147. The van der Waals surface area contributed by atoms with Crippen molar-refractivity contribution in [3.05, 3.63) is 70.9 Å². The monoisotopic (exact) mass is 441 g/mol. The Hall–Kier alpha value is -3.52. The average molecular weight is 442 g/mol. The van der Waals surface area contributed by atoms with Gasteiger partial charge >= 0.3 is 11.9 Å². The number of hydrogen-bond acceptors (Lipinski definition) is 6. The number of carboxylic acid groups (broad SMARTS) is 1. The molecular weight excluding hydrogens is 418 g/mol. The fourth-order valence-corrected chi connectivity index (χ4v) is 3.35. The molecule has 8 heteroatoms. The van der Waals surface area contributed by atoms with Crippen LogP contribution >= 0.6 is 11.3 Å². The Morgan fingerprint density at radius 1 is 0.968 bits per heavy atom. The number of fused-ring (bicyclic) bond motifs is 1. The van der Waals surface area contributed by atoms with Gasteiger partial charge < -0.3 is 15.2 Å². The molecule has 2 N–H and O–H groups in total. The van der Waals surface area contributed by atoms with E-state index in [1.807, 2.05) is 5.38 Å². The van der Waals surface area contributed by atoms with E-state index in [0.29, 0.717) is 0 Å². The molecule has 0 aliphatic carbocycles. The first-order valence-electron chi connectivity index (χ1n) is 9.48. The first kappa shape index (κ1) is 23.8. The maximum atomic E-state index is 11.8. The Kier molecular flexibility index (Phi) is 9.38. The van der Waals surface area contributed by atoms with Crippen molar-refractivity contribution in [2.24, 2.45) is 0 Å². The van der Waals surface area contributed by atoms with E-state index >= 15 is 0 Å². The summed E-state index contributed by atoms with van der Waals surface area (Å²) in [5.41, 5.74) is 0. The minimum atomic E-state index is -1.23. The summed E-state index contributed by atoms with van der Waals surface area (Å²) in [4.78, 5) is 45.7. The van der Waals surface area contributed by atoms with Crippen LogP contribution in [0.2, 0.25) is 0 Å².